The van der Waals surface area contributed by atoms with E-state index in [1.165, 1.54) is 0 Å². The molecule has 4 rings (SSSR count). The molecule has 5 nitrogen and oxygen atoms in total. The first-order chi connectivity index (χ1) is 10.2. The summed E-state index contributed by atoms with van der Waals surface area (Å²) in [5, 5.41) is 10.9. The smallest absolute Gasteiger partial charge is 0.269 e. The molecule has 0 N–H and O–H groups in total. The number of nitrogens with zero attached hydrogens (tertiary/aromatic N) is 3. The molecule has 1 atom stereocenters. The van der Waals surface area contributed by atoms with Gasteiger partial charge < -0.3 is 4.57 Å². The Balaban J connectivity index is 1.80. The minimum Gasteiger partial charge on any atom is -0.310 e. The van der Waals surface area contributed by atoms with Crippen molar-refractivity contribution in [3.05, 3.63) is 70.0 Å². The fourth-order valence-electron chi connectivity index (χ4n) is 2.69. The summed E-state index contributed by atoms with van der Waals surface area (Å²) in [5.74, 6) is 1.92. The van der Waals surface area contributed by atoms with E-state index >= 15 is 0 Å². The molecular weight excluding hydrogens is 286 g/mol. The fraction of sp³-hybridized carbons (Fsp3) is 0.133. The fourth-order valence-corrected chi connectivity index (χ4v) is 3.94. The molecule has 1 aliphatic rings. The number of fused-ring (bicyclic) bond motifs is 3. The van der Waals surface area contributed by atoms with E-state index in [-0.39, 0.29) is 16.0 Å². The van der Waals surface area contributed by atoms with Gasteiger partial charge in [0.25, 0.3) is 5.69 Å². The number of hydrogen-bond acceptors (Lipinski definition) is 4. The highest BCUT2D eigenvalue weighted by Gasteiger charge is 2.27. The van der Waals surface area contributed by atoms with Crippen molar-refractivity contribution in [2.24, 2.45) is 0 Å². The van der Waals surface area contributed by atoms with Gasteiger partial charge in [-0.1, -0.05) is 12.1 Å². The molecule has 0 saturated heterocycles. The summed E-state index contributed by atoms with van der Waals surface area (Å²) < 4.78 is 2.22. The van der Waals surface area contributed by atoms with E-state index in [0.717, 1.165) is 28.2 Å². The number of nitro benzene ring substituents is 1. The monoisotopic (exact) mass is 297 g/mol. The Morgan fingerprint density at radius 2 is 1.95 bits per heavy atom. The zero-order chi connectivity index (χ0) is 14.4. The molecule has 1 aliphatic heterocycles. The van der Waals surface area contributed by atoms with Crippen LogP contribution in [0.3, 0.4) is 0 Å². The van der Waals surface area contributed by atoms with Gasteiger partial charge in [-0.3, -0.25) is 10.1 Å². The Morgan fingerprint density at radius 3 is 2.71 bits per heavy atom. The molecule has 0 spiro atoms. The van der Waals surface area contributed by atoms with Crippen molar-refractivity contribution in [3.8, 4) is 0 Å². The Bertz CT molecular complexity index is 842. The van der Waals surface area contributed by atoms with Gasteiger partial charge in [-0.2, -0.15) is 0 Å². The van der Waals surface area contributed by atoms with Gasteiger partial charge >= 0.3 is 0 Å². The SMILES string of the molecule is O=[N+]([O-])c1ccc([C@H]2SCc3nc4ccccc4n32)cc1. The number of imidazole rings is 1. The van der Waals surface area contributed by atoms with Crippen molar-refractivity contribution >= 4 is 28.5 Å². The summed E-state index contributed by atoms with van der Waals surface area (Å²) in [7, 11) is 0. The van der Waals surface area contributed by atoms with Crippen LogP contribution in [-0.2, 0) is 5.75 Å². The maximum atomic E-state index is 10.8. The first-order valence-electron chi connectivity index (χ1n) is 6.56. The highest BCUT2D eigenvalue weighted by atomic mass is 32.2. The molecule has 0 fully saturated rings. The van der Waals surface area contributed by atoms with Gasteiger partial charge in [0.05, 0.1) is 21.7 Å². The van der Waals surface area contributed by atoms with Crippen molar-refractivity contribution in [1.82, 2.24) is 9.55 Å². The Hall–Kier alpha value is -2.34. The number of hydrogen-bond donors (Lipinski definition) is 0. The maximum Gasteiger partial charge on any atom is 0.269 e. The summed E-state index contributed by atoms with van der Waals surface area (Å²) in [6, 6.07) is 14.9. The lowest BCUT2D eigenvalue weighted by Gasteiger charge is -2.13. The van der Waals surface area contributed by atoms with E-state index in [2.05, 4.69) is 15.6 Å². The molecule has 0 unspecified atom stereocenters. The zero-order valence-corrected chi connectivity index (χ0v) is 11.8. The Kier molecular flexibility index (Phi) is 2.71. The Morgan fingerprint density at radius 1 is 1.19 bits per heavy atom. The number of rotatable bonds is 2. The normalized spacial score (nSPS) is 17.0. The number of thioether (sulfide) groups is 1. The van der Waals surface area contributed by atoms with Crippen molar-refractivity contribution in [1.29, 1.82) is 0 Å². The first kappa shape index (κ1) is 12.4. The van der Waals surface area contributed by atoms with Gasteiger partial charge in [-0.15, -0.1) is 11.8 Å². The van der Waals surface area contributed by atoms with Gasteiger partial charge in [0.1, 0.15) is 11.2 Å². The second kappa shape index (κ2) is 4.60. The average molecular weight is 297 g/mol. The summed E-state index contributed by atoms with van der Waals surface area (Å²) in [5.41, 5.74) is 3.30. The van der Waals surface area contributed by atoms with Crippen molar-refractivity contribution in [2.75, 3.05) is 0 Å². The van der Waals surface area contributed by atoms with Gasteiger partial charge in [0, 0.05) is 12.1 Å². The topological polar surface area (TPSA) is 61.0 Å². The van der Waals surface area contributed by atoms with Gasteiger partial charge in [-0.25, -0.2) is 4.98 Å². The highest BCUT2D eigenvalue weighted by Crippen LogP contribution is 2.42. The number of aromatic nitrogens is 2. The molecule has 1 aromatic heterocycles. The lowest BCUT2D eigenvalue weighted by Crippen LogP contribution is -2.03. The lowest BCUT2D eigenvalue weighted by molar-refractivity contribution is -0.384. The van der Waals surface area contributed by atoms with Crippen LogP contribution in [0, 0.1) is 10.1 Å². The van der Waals surface area contributed by atoms with Crippen LogP contribution >= 0.6 is 11.8 Å². The number of nitro groups is 1. The van der Waals surface area contributed by atoms with Crippen molar-refractivity contribution < 1.29 is 4.92 Å². The Labute approximate surface area is 124 Å². The van der Waals surface area contributed by atoms with E-state index in [1.54, 1.807) is 23.9 Å². The van der Waals surface area contributed by atoms with Gasteiger partial charge in [-0.05, 0) is 29.8 Å². The van der Waals surface area contributed by atoms with Crippen LogP contribution in [0.25, 0.3) is 11.0 Å². The third kappa shape index (κ3) is 1.91. The zero-order valence-electron chi connectivity index (χ0n) is 11.0. The summed E-state index contributed by atoms with van der Waals surface area (Å²) >= 11 is 1.79. The van der Waals surface area contributed by atoms with E-state index in [1.807, 2.05) is 30.3 Å². The third-order valence-electron chi connectivity index (χ3n) is 3.66. The van der Waals surface area contributed by atoms with Crippen LogP contribution in [0.5, 0.6) is 0 Å². The number of non-ortho nitro benzene ring substituents is 1. The quantitative estimate of drug-likeness (QED) is 0.534. The van der Waals surface area contributed by atoms with E-state index < -0.39 is 0 Å². The highest BCUT2D eigenvalue weighted by molar-refractivity contribution is 7.99. The van der Waals surface area contributed by atoms with Crippen molar-refractivity contribution in [2.45, 2.75) is 11.1 Å². The second-order valence-electron chi connectivity index (χ2n) is 4.90. The molecule has 104 valence electrons. The minimum atomic E-state index is -0.371. The number of benzene rings is 2. The van der Waals surface area contributed by atoms with E-state index in [4.69, 9.17) is 0 Å². The van der Waals surface area contributed by atoms with Crippen LogP contribution in [0.2, 0.25) is 0 Å². The van der Waals surface area contributed by atoms with Crippen LogP contribution in [0.4, 0.5) is 5.69 Å². The molecule has 2 heterocycles. The number of para-hydroxylation sites is 2. The molecule has 0 amide bonds. The molecule has 6 heteroatoms. The van der Waals surface area contributed by atoms with E-state index in [0.29, 0.717) is 0 Å². The van der Waals surface area contributed by atoms with Gasteiger partial charge in [0.2, 0.25) is 0 Å². The van der Waals surface area contributed by atoms with Crippen LogP contribution < -0.4 is 0 Å². The predicted molar refractivity (Wildman–Crippen MR) is 82.3 cm³/mol. The second-order valence-corrected chi connectivity index (χ2v) is 5.97. The third-order valence-corrected chi connectivity index (χ3v) is 4.89. The summed E-state index contributed by atoms with van der Waals surface area (Å²) in [6.45, 7) is 0. The molecular formula is C15H11N3O2S. The summed E-state index contributed by atoms with van der Waals surface area (Å²) in [4.78, 5) is 15.0. The molecule has 0 radical (unpaired) electrons. The van der Waals surface area contributed by atoms with Crippen LogP contribution in [0.15, 0.2) is 48.5 Å². The van der Waals surface area contributed by atoms with Crippen molar-refractivity contribution in [3.63, 3.8) is 0 Å². The average Bonchev–Trinajstić information content (AvgIpc) is 3.06. The summed E-state index contributed by atoms with van der Waals surface area (Å²) in [6.07, 6.45) is 0. The van der Waals surface area contributed by atoms with E-state index in [9.17, 15) is 10.1 Å². The largest absolute Gasteiger partial charge is 0.310 e. The molecule has 2 aromatic carbocycles. The maximum absolute atomic E-state index is 10.8. The first-order valence-corrected chi connectivity index (χ1v) is 7.61. The van der Waals surface area contributed by atoms with Crippen LogP contribution in [0.1, 0.15) is 16.8 Å². The predicted octanol–water partition coefficient (Wildman–Crippen LogP) is 3.74. The molecule has 3 aromatic rings. The molecule has 0 bridgehead atoms. The standard InChI is InChI=1S/C15H11N3O2S/c19-18(20)11-7-5-10(6-8-11)15-17-13-4-2-1-3-12(13)16-14(17)9-21-15/h1-8,15H,9H2/t15-/m1/s1. The van der Waals surface area contributed by atoms with Gasteiger partial charge in [0.15, 0.2) is 0 Å². The lowest BCUT2D eigenvalue weighted by atomic mass is 10.2. The molecule has 0 aliphatic carbocycles. The molecule has 0 saturated carbocycles. The van der Waals surface area contributed by atoms with Crippen LogP contribution in [-0.4, -0.2) is 14.5 Å². The molecule has 21 heavy (non-hydrogen) atoms. The minimum absolute atomic E-state index is 0.123.